The van der Waals surface area contributed by atoms with E-state index in [-0.39, 0.29) is 24.3 Å². The fourth-order valence-electron chi connectivity index (χ4n) is 6.85. The summed E-state index contributed by atoms with van der Waals surface area (Å²) in [6.45, 7) is 12.6. The Morgan fingerprint density at radius 1 is 1.11 bits per heavy atom. The van der Waals surface area contributed by atoms with Gasteiger partial charge in [0.25, 0.3) is 0 Å². The smallest absolute Gasteiger partial charge is 0.318 e. The Morgan fingerprint density at radius 2 is 1.91 bits per heavy atom. The van der Waals surface area contributed by atoms with Crippen molar-refractivity contribution in [3.63, 3.8) is 0 Å². The van der Waals surface area contributed by atoms with E-state index >= 15 is 0 Å². The number of likely N-dealkylation sites (tertiary alicyclic amines) is 1. The van der Waals surface area contributed by atoms with E-state index in [1.165, 1.54) is 0 Å². The molecule has 1 aromatic heterocycles. The number of anilines is 2. The summed E-state index contributed by atoms with van der Waals surface area (Å²) in [5, 5.41) is 12.6. The number of nitrogens with zero attached hydrogens (tertiary/aromatic N) is 7. The first-order valence-electron chi connectivity index (χ1n) is 16.0. The van der Waals surface area contributed by atoms with E-state index in [1.807, 2.05) is 30.9 Å². The molecule has 9 nitrogen and oxygen atoms in total. The molecule has 3 aliphatic rings. The molecule has 0 spiro atoms. The van der Waals surface area contributed by atoms with Crippen LogP contribution in [0.2, 0.25) is 5.02 Å². The molecule has 0 N–H and O–H groups in total. The first kappa shape index (κ1) is 31.1. The summed E-state index contributed by atoms with van der Waals surface area (Å²) in [6.07, 6.45) is 3.25. The Balaban J connectivity index is 1.33. The van der Waals surface area contributed by atoms with Gasteiger partial charge in [-0.3, -0.25) is 4.79 Å². The summed E-state index contributed by atoms with van der Waals surface area (Å²) in [7, 11) is 2.14. The van der Waals surface area contributed by atoms with Gasteiger partial charge in [-0.15, -0.1) is 0 Å². The lowest BCUT2D eigenvalue weighted by Crippen LogP contribution is -2.56. The number of likely N-dealkylation sites (N-methyl/N-ethyl adjacent to an activating group) is 1. The van der Waals surface area contributed by atoms with Crippen molar-refractivity contribution >= 4 is 39.8 Å². The molecule has 6 rings (SSSR count). The lowest BCUT2D eigenvalue weighted by molar-refractivity contribution is -0.130. The van der Waals surface area contributed by atoms with Crippen LogP contribution in [0.5, 0.6) is 6.01 Å². The molecular weight excluding hydrogens is 586 g/mol. The Morgan fingerprint density at radius 3 is 2.64 bits per heavy atom. The van der Waals surface area contributed by atoms with Crippen LogP contribution in [-0.4, -0.2) is 84.1 Å². The maximum atomic E-state index is 13.3. The van der Waals surface area contributed by atoms with E-state index in [0.29, 0.717) is 50.4 Å². The molecule has 236 valence electrons. The second kappa shape index (κ2) is 13.2. The third kappa shape index (κ3) is 6.31. The molecule has 4 heterocycles. The highest BCUT2D eigenvalue weighted by atomic mass is 35.5. The van der Waals surface area contributed by atoms with Crippen molar-refractivity contribution in [2.75, 3.05) is 56.2 Å². The number of halogens is 1. The third-order valence-electron chi connectivity index (χ3n) is 9.61. The van der Waals surface area contributed by atoms with Gasteiger partial charge in [-0.25, -0.2) is 0 Å². The van der Waals surface area contributed by atoms with Crippen LogP contribution < -0.4 is 14.5 Å². The van der Waals surface area contributed by atoms with Gasteiger partial charge in [0.1, 0.15) is 12.4 Å². The highest BCUT2D eigenvalue weighted by Crippen LogP contribution is 2.37. The SMILES string of the molecule is C=C(C(=O)N1CCN(c2nc(OCC3CCCN3C)nc3c2CCN(c2cccc4cccc(Cl)c24)C3)CC1CC#N)C(C)C. The second-order valence-corrected chi connectivity index (χ2v) is 13.2. The Kier molecular flexibility index (Phi) is 9.16. The molecule has 1 amide bonds. The summed E-state index contributed by atoms with van der Waals surface area (Å²) >= 11 is 6.72. The number of carbonyl (C=O) groups excluding carboxylic acids is 1. The number of carbonyl (C=O) groups is 1. The highest BCUT2D eigenvalue weighted by molar-refractivity contribution is 6.36. The zero-order valence-electron chi connectivity index (χ0n) is 26.5. The monoisotopic (exact) mass is 627 g/mol. The van der Waals surface area contributed by atoms with Crippen molar-refractivity contribution in [3.05, 3.63) is 64.8 Å². The van der Waals surface area contributed by atoms with Crippen LogP contribution in [0.1, 0.15) is 44.4 Å². The number of hydrogen-bond donors (Lipinski definition) is 0. The van der Waals surface area contributed by atoms with Gasteiger partial charge in [-0.05, 0) is 56.3 Å². The number of ether oxygens (including phenoxy) is 1. The minimum absolute atomic E-state index is 0.0466. The van der Waals surface area contributed by atoms with Crippen LogP contribution in [0.15, 0.2) is 48.6 Å². The van der Waals surface area contributed by atoms with Crippen molar-refractivity contribution in [1.29, 1.82) is 5.26 Å². The molecule has 2 unspecified atom stereocenters. The van der Waals surface area contributed by atoms with Crippen LogP contribution in [0.4, 0.5) is 11.5 Å². The fraction of sp³-hybridized carbons (Fsp3) is 0.486. The van der Waals surface area contributed by atoms with Crippen molar-refractivity contribution in [2.24, 2.45) is 5.92 Å². The van der Waals surface area contributed by atoms with E-state index in [1.54, 1.807) is 0 Å². The van der Waals surface area contributed by atoms with Crippen molar-refractivity contribution in [1.82, 2.24) is 19.8 Å². The van der Waals surface area contributed by atoms with Gasteiger partial charge in [0, 0.05) is 54.4 Å². The molecule has 2 fully saturated rings. The molecule has 0 radical (unpaired) electrons. The van der Waals surface area contributed by atoms with E-state index in [4.69, 9.17) is 26.3 Å². The van der Waals surface area contributed by atoms with Crippen molar-refractivity contribution in [2.45, 2.75) is 58.2 Å². The van der Waals surface area contributed by atoms with Gasteiger partial charge in [0.05, 0.1) is 35.8 Å². The first-order chi connectivity index (χ1) is 21.7. The van der Waals surface area contributed by atoms with Gasteiger partial charge in [-0.2, -0.15) is 15.2 Å². The normalized spacial score (nSPS) is 20.4. The van der Waals surface area contributed by atoms with Crippen LogP contribution in [0, 0.1) is 17.2 Å². The molecule has 0 aliphatic carbocycles. The zero-order chi connectivity index (χ0) is 31.7. The number of nitriles is 1. The van der Waals surface area contributed by atoms with Gasteiger partial charge >= 0.3 is 6.01 Å². The summed E-state index contributed by atoms with van der Waals surface area (Å²) < 4.78 is 6.32. The predicted octanol–water partition coefficient (Wildman–Crippen LogP) is 5.46. The number of piperazine rings is 1. The summed E-state index contributed by atoms with van der Waals surface area (Å²) in [6, 6.07) is 15.1. The van der Waals surface area contributed by atoms with E-state index in [2.05, 4.69) is 58.7 Å². The van der Waals surface area contributed by atoms with Gasteiger partial charge in [0.15, 0.2) is 0 Å². The molecular formula is C35H42ClN7O2. The highest BCUT2D eigenvalue weighted by Gasteiger charge is 2.35. The lowest BCUT2D eigenvalue weighted by Gasteiger charge is -2.43. The average Bonchev–Trinajstić information content (AvgIpc) is 3.46. The van der Waals surface area contributed by atoms with Crippen LogP contribution in [0.25, 0.3) is 10.8 Å². The minimum Gasteiger partial charge on any atom is -0.462 e. The molecule has 45 heavy (non-hydrogen) atoms. The number of hydrogen-bond acceptors (Lipinski definition) is 8. The molecule has 0 saturated carbocycles. The first-order valence-corrected chi connectivity index (χ1v) is 16.4. The molecule has 2 aromatic carbocycles. The predicted molar refractivity (Wildman–Crippen MR) is 179 cm³/mol. The van der Waals surface area contributed by atoms with Gasteiger partial charge in [-0.1, -0.05) is 56.3 Å². The van der Waals surface area contributed by atoms with Crippen LogP contribution >= 0.6 is 11.6 Å². The number of aromatic nitrogens is 2. The Labute approximate surface area is 271 Å². The maximum Gasteiger partial charge on any atom is 0.318 e. The summed E-state index contributed by atoms with van der Waals surface area (Å²) in [5.41, 5.74) is 3.70. The summed E-state index contributed by atoms with van der Waals surface area (Å²) in [5.74, 6) is 0.831. The molecule has 0 bridgehead atoms. The molecule has 2 atom stereocenters. The largest absolute Gasteiger partial charge is 0.462 e. The van der Waals surface area contributed by atoms with Gasteiger partial charge < -0.3 is 24.3 Å². The van der Waals surface area contributed by atoms with E-state index < -0.39 is 0 Å². The lowest BCUT2D eigenvalue weighted by atomic mass is 9.99. The van der Waals surface area contributed by atoms with Crippen LogP contribution in [-0.2, 0) is 17.8 Å². The second-order valence-electron chi connectivity index (χ2n) is 12.8. The molecule has 10 heteroatoms. The number of amides is 1. The topological polar surface area (TPSA) is 88.8 Å². The molecule has 2 saturated heterocycles. The quantitative estimate of drug-likeness (QED) is 0.304. The van der Waals surface area contributed by atoms with E-state index in [9.17, 15) is 10.1 Å². The number of rotatable bonds is 8. The average molecular weight is 628 g/mol. The standard InChI is InChI=1S/C35H42ClN7O2/c1-23(2)24(3)34(44)43-19-18-42(20-26(43)13-15-37)33-28-14-17-41(31-12-6-9-25-8-5-11-29(36)32(25)31)21-30(28)38-35(39-33)45-22-27-10-7-16-40(27)4/h5-6,8-9,11-12,23,26-27H,3,7,10,13-14,16-22H2,1-2,4H3. The maximum absolute atomic E-state index is 13.3. The van der Waals surface area contributed by atoms with Gasteiger partial charge in [0.2, 0.25) is 5.91 Å². The Bertz CT molecular complexity index is 1630. The minimum atomic E-state index is -0.258. The number of benzene rings is 2. The van der Waals surface area contributed by atoms with Crippen molar-refractivity contribution in [3.8, 4) is 12.1 Å². The van der Waals surface area contributed by atoms with E-state index in [0.717, 1.165) is 70.9 Å². The van der Waals surface area contributed by atoms with Crippen LogP contribution in [0.3, 0.4) is 0 Å². The zero-order valence-corrected chi connectivity index (χ0v) is 27.3. The number of fused-ring (bicyclic) bond motifs is 2. The fourth-order valence-corrected chi connectivity index (χ4v) is 7.13. The molecule has 3 aliphatic heterocycles. The molecule has 3 aromatic rings. The third-order valence-corrected chi connectivity index (χ3v) is 9.93. The Hall–Kier alpha value is -3.87. The van der Waals surface area contributed by atoms with Crippen molar-refractivity contribution < 1.29 is 9.53 Å². The summed E-state index contributed by atoms with van der Waals surface area (Å²) in [4.78, 5) is 32.1.